The van der Waals surface area contributed by atoms with Crippen LogP contribution in [0.2, 0.25) is 0 Å². The van der Waals surface area contributed by atoms with Crippen molar-refractivity contribution in [1.82, 2.24) is 14.5 Å². The first kappa shape index (κ1) is 22.2. The lowest BCUT2D eigenvalue weighted by atomic mass is 10.1. The SMILES string of the molecule is O=c1c2ccccc2nc(/C=C/c2ccnc3ccccc23)n1-c1ccc(C#Cc2ccccc2)cc1. The number of benzene rings is 4. The van der Waals surface area contributed by atoms with E-state index in [0.717, 1.165) is 33.3 Å². The fraction of sp³-hybridized carbons (Fsp3) is 0. The van der Waals surface area contributed by atoms with E-state index in [1.54, 1.807) is 10.8 Å². The molecular weight excluding hydrogens is 454 g/mol. The Morgan fingerprint density at radius 3 is 2.05 bits per heavy atom. The minimum Gasteiger partial charge on any atom is -0.268 e. The van der Waals surface area contributed by atoms with Gasteiger partial charge in [0.1, 0.15) is 5.82 Å². The maximum Gasteiger partial charge on any atom is 0.266 e. The van der Waals surface area contributed by atoms with Gasteiger partial charge in [-0.15, -0.1) is 0 Å². The van der Waals surface area contributed by atoms with Crippen LogP contribution in [-0.2, 0) is 0 Å². The van der Waals surface area contributed by atoms with Gasteiger partial charge in [-0.3, -0.25) is 14.3 Å². The summed E-state index contributed by atoms with van der Waals surface area (Å²) in [4.78, 5) is 22.9. The van der Waals surface area contributed by atoms with E-state index in [1.807, 2.05) is 121 Å². The van der Waals surface area contributed by atoms with Gasteiger partial charge in [0.05, 0.1) is 22.1 Å². The zero-order valence-corrected chi connectivity index (χ0v) is 19.9. The molecule has 0 aliphatic carbocycles. The van der Waals surface area contributed by atoms with Gasteiger partial charge in [0, 0.05) is 22.7 Å². The molecule has 2 aromatic heterocycles. The highest BCUT2D eigenvalue weighted by Gasteiger charge is 2.11. The van der Waals surface area contributed by atoms with E-state index in [1.165, 1.54) is 0 Å². The Kier molecular flexibility index (Phi) is 5.86. The maximum atomic E-state index is 13.6. The molecule has 4 nitrogen and oxygen atoms in total. The summed E-state index contributed by atoms with van der Waals surface area (Å²) in [7, 11) is 0. The van der Waals surface area contributed by atoms with Crippen molar-refractivity contribution in [2.45, 2.75) is 0 Å². The maximum absolute atomic E-state index is 13.6. The number of pyridine rings is 1. The van der Waals surface area contributed by atoms with Gasteiger partial charge in [0.25, 0.3) is 5.56 Å². The minimum absolute atomic E-state index is 0.118. The predicted molar refractivity (Wildman–Crippen MR) is 150 cm³/mol. The number of hydrogen-bond donors (Lipinski definition) is 0. The second-order valence-corrected chi connectivity index (χ2v) is 8.54. The summed E-state index contributed by atoms with van der Waals surface area (Å²) in [6.45, 7) is 0. The number of aromatic nitrogens is 3. The number of para-hydroxylation sites is 2. The number of rotatable bonds is 3. The fourth-order valence-electron chi connectivity index (χ4n) is 4.30. The average Bonchev–Trinajstić information content (AvgIpc) is 2.96. The molecule has 4 heteroatoms. The molecule has 4 aromatic carbocycles. The molecule has 0 unspecified atom stereocenters. The molecule has 2 heterocycles. The molecule has 174 valence electrons. The topological polar surface area (TPSA) is 47.8 Å². The zero-order chi connectivity index (χ0) is 25.0. The van der Waals surface area contributed by atoms with Crippen molar-refractivity contribution >= 4 is 34.0 Å². The summed E-state index contributed by atoms with van der Waals surface area (Å²) in [5, 5.41) is 1.61. The van der Waals surface area contributed by atoms with Gasteiger partial charge >= 0.3 is 0 Å². The molecule has 0 saturated heterocycles. The Morgan fingerprint density at radius 1 is 0.622 bits per heavy atom. The Hall–Kier alpha value is -5.27. The molecule has 0 N–H and O–H groups in total. The van der Waals surface area contributed by atoms with E-state index in [-0.39, 0.29) is 5.56 Å². The summed E-state index contributed by atoms with van der Waals surface area (Å²) in [6.07, 6.45) is 5.66. The number of nitrogens with zero attached hydrogens (tertiary/aromatic N) is 3. The van der Waals surface area contributed by atoms with Crippen molar-refractivity contribution in [3.05, 3.63) is 148 Å². The Balaban J connectivity index is 1.45. The monoisotopic (exact) mass is 475 g/mol. The van der Waals surface area contributed by atoms with E-state index < -0.39 is 0 Å². The van der Waals surface area contributed by atoms with Crippen LogP contribution in [0, 0.1) is 11.8 Å². The average molecular weight is 476 g/mol. The molecule has 0 aliphatic heterocycles. The molecule has 37 heavy (non-hydrogen) atoms. The highest BCUT2D eigenvalue weighted by molar-refractivity contribution is 5.90. The van der Waals surface area contributed by atoms with Crippen LogP contribution in [0.15, 0.2) is 120 Å². The molecule has 6 aromatic rings. The lowest BCUT2D eigenvalue weighted by Gasteiger charge is -2.12. The number of fused-ring (bicyclic) bond motifs is 2. The highest BCUT2D eigenvalue weighted by atomic mass is 16.1. The molecule has 0 bridgehead atoms. The first-order chi connectivity index (χ1) is 18.3. The van der Waals surface area contributed by atoms with Crippen LogP contribution in [0.3, 0.4) is 0 Å². The third-order valence-electron chi connectivity index (χ3n) is 6.15. The van der Waals surface area contributed by atoms with Crippen LogP contribution in [0.25, 0.3) is 39.6 Å². The second-order valence-electron chi connectivity index (χ2n) is 8.54. The van der Waals surface area contributed by atoms with E-state index in [4.69, 9.17) is 4.98 Å². The first-order valence-electron chi connectivity index (χ1n) is 12.0. The normalized spacial score (nSPS) is 11.0. The molecular formula is C33H21N3O. The summed E-state index contributed by atoms with van der Waals surface area (Å²) in [5.74, 6) is 6.91. The zero-order valence-electron chi connectivity index (χ0n) is 19.9. The van der Waals surface area contributed by atoms with Crippen molar-refractivity contribution in [3.8, 4) is 17.5 Å². The molecule has 0 spiro atoms. The Bertz CT molecular complexity index is 1890. The molecule has 0 atom stereocenters. The van der Waals surface area contributed by atoms with E-state index in [9.17, 15) is 4.79 Å². The Morgan fingerprint density at radius 2 is 1.27 bits per heavy atom. The second kappa shape index (κ2) is 9.77. The third kappa shape index (κ3) is 4.54. The van der Waals surface area contributed by atoms with Crippen LogP contribution in [0.1, 0.15) is 22.5 Å². The predicted octanol–water partition coefficient (Wildman–Crippen LogP) is 6.50. The van der Waals surface area contributed by atoms with Gasteiger partial charge in [-0.1, -0.05) is 66.4 Å². The van der Waals surface area contributed by atoms with Crippen molar-refractivity contribution in [2.75, 3.05) is 0 Å². The molecule has 0 amide bonds. The highest BCUT2D eigenvalue weighted by Crippen LogP contribution is 2.20. The molecule has 0 radical (unpaired) electrons. The molecule has 0 saturated carbocycles. The largest absolute Gasteiger partial charge is 0.268 e. The molecule has 0 aliphatic rings. The van der Waals surface area contributed by atoms with E-state index in [0.29, 0.717) is 16.7 Å². The summed E-state index contributed by atoms with van der Waals surface area (Å²) >= 11 is 0. The van der Waals surface area contributed by atoms with Crippen molar-refractivity contribution in [3.63, 3.8) is 0 Å². The van der Waals surface area contributed by atoms with Gasteiger partial charge in [0.2, 0.25) is 0 Å². The van der Waals surface area contributed by atoms with Gasteiger partial charge in [-0.25, -0.2) is 4.98 Å². The molecule has 0 fully saturated rings. The van der Waals surface area contributed by atoms with Gasteiger partial charge in [-0.2, -0.15) is 0 Å². The summed E-state index contributed by atoms with van der Waals surface area (Å²) in [6, 6.07) is 34.9. The molecule has 6 rings (SSSR count). The van der Waals surface area contributed by atoms with Crippen LogP contribution in [0.5, 0.6) is 0 Å². The summed E-state index contributed by atoms with van der Waals surface area (Å²) < 4.78 is 1.65. The van der Waals surface area contributed by atoms with Crippen LogP contribution in [-0.4, -0.2) is 14.5 Å². The summed E-state index contributed by atoms with van der Waals surface area (Å²) in [5.41, 5.74) is 5.02. The van der Waals surface area contributed by atoms with Gasteiger partial charge < -0.3 is 0 Å². The van der Waals surface area contributed by atoms with Gasteiger partial charge in [0.15, 0.2) is 0 Å². The first-order valence-corrected chi connectivity index (χ1v) is 12.0. The fourth-order valence-corrected chi connectivity index (χ4v) is 4.30. The smallest absolute Gasteiger partial charge is 0.266 e. The minimum atomic E-state index is -0.118. The van der Waals surface area contributed by atoms with E-state index >= 15 is 0 Å². The standard InChI is InChI=1S/C33H21N3O/c37-33-29-11-5-7-13-31(29)35-32(21-18-26-22-23-34-30-12-6-4-10-28(26)30)36(33)27-19-16-25(17-20-27)15-14-24-8-2-1-3-9-24/h1-13,16-23H/b21-18+. The third-order valence-corrected chi connectivity index (χ3v) is 6.15. The lowest BCUT2D eigenvalue weighted by Crippen LogP contribution is -2.22. The van der Waals surface area contributed by atoms with E-state index in [2.05, 4.69) is 16.8 Å². The van der Waals surface area contributed by atoms with Crippen molar-refractivity contribution in [2.24, 2.45) is 0 Å². The number of hydrogen-bond acceptors (Lipinski definition) is 3. The Labute approximate surface area is 214 Å². The quantitative estimate of drug-likeness (QED) is 0.274. The van der Waals surface area contributed by atoms with Gasteiger partial charge in [-0.05, 0) is 72.3 Å². The van der Waals surface area contributed by atoms with Crippen LogP contribution in [0.4, 0.5) is 0 Å². The van der Waals surface area contributed by atoms with Crippen LogP contribution >= 0.6 is 0 Å². The van der Waals surface area contributed by atoms with Crippen molar-refractivity contribution in [1.29, 1.82) is 0 Å². The van der Waals surface area contributed by atoms with Crippen molar-refractivity contribution < 1.29 is 0 Å². The lowest BCUT2D eigenvalue weighted by molar-refractivity contribution is 0.944. The van der Waals surface area contributed by atoms with Crippen LogP contribution < -0.4 is 5.56 Å².